The van der Waals surface area contributed by atoms with Crippen LogP contribution in [0.1, 0.15) is 155 Å². The highest BCUT2D eigenvalue weighted by Gasteiger charge is 2.25. The molecule has 0 aromatic carbocycles. The summed E-state index contributed by atoms with van der Waals surface area (Å²) in [7, 11) is -4.40. The number of carbonyl (C=O) groups is 2. The van der Waals surface area contributed by atoms with Crippen LogP contribution in [-0.2, 0) is 32.7 Å². The molecule has 0 fully saturated rings. The van der Waals surface area contributed by atoms with Crippen molar-refractivity contribution in [3.63, 3.8) is 0 Å². The van der Waals surface area contributed by atoms with Gasteiger partial charge in [0.25, 0.3) is 0 Å². The summed E-state index contributed by atoms with van der Waals surface area (Å²) in [4.78, 5) is 34.8. The molecule has 0 aromatic heterocycles. The Morgan fingerprint density at radius 3 is 1.56 bits per heavy atom. The average Bonchev–Trinajstić information content (AvgIpc) is 3.17. The van der Waals surface area contributed by atoms with Crippen LogP contribution in [0.3, 0.4) is 0 Å². The number of carbonyl (C=O) groups excluding carboxylic acids is 2. The number of unbranched alkanes of at least 4 members (excludes halogenated alkanes) is 11. The van der Waals surface area contributed by atoms with E-state index < -0.39 is 32.5 Å². The largest absolute Gasteiger partial charge is 0.472 e. The van der Waals surface area contributed by atoms with E-state index in [0.717, 1.165) is 70.6 Å². The van der Waals surface area contributed by atoms with Crippen LogP contribution < -0.4 is 5.73 Å². The molecule has 55 heavy (non-hydrogen) atoms. The third-order valence-electron chi connectivity index (χ3n) is 8.28. The predicted molar refractivity (Wildman–Crippen MR) is 229 cm³/mol. The topological polar surface area (TPSA) is 134 Å². The number of esters is 2. The summed E-state index contributed by atoms with van der Waals surface area (Å²) in [6.45, 7) is 3.49. The first kappa shape index (κ1) is 52.2. The summed E-state index contributed by atoms with van der Waals surface area (Å²) in [6, 6.07) is 0. The number of rotatable bonds is 38. The molecule has 2 atom stereocenters. The third-order valence-corrected chi connectivity index (χ3v) is 9.26. The van der Waals surface area contributed by atoms with Gasteiger partial charge < -0.3 is 20.1 Å². The Hall–Kier alpha value is -2.81. The zero-order valence-corrected chi connectivity index (χ0v) is 35.3. The van der Waals surface area contributed by atoms with Crippen LogP contribution in [-0.4, -0.2) is 49.3 Å². The van der Waals surface area contributed by atoms with Crippen LogP contribution >= 0.6 is 7.82 Å². The molecule has 0 saturated carbocycles. The molecule has 1 unspecified atom stereocenters. The summed E-state index contributed by atoms with van der Waals surface area (Å²) in [5.74, 6) is -0.944. The Labute approximate surface area is 334 Å². The lowest BCUT2D eigenvalue weighted by molar-refractivity contribution is -0.161. The van der Waals surface area contributed by atoms with E-state index in [9.17, 15) is 19.0 Å². The molecular weight excluding hydrogens is 713 g/mol. The zero-order chi connectivity index (χ0) is 40.3. The van der Waals surface area contributed by atoms with Crippen molar-refractivity contribution in [1.82, 2.24) is 0 Å². The van der Waals surface area contributed by atoms with Gasteiger partial charge in [0.15, 0.2) is 6.10 Å². The lowest BCUT2D eigenvalue weighted by Crippen LogP contribution is -2.29. The van der Waals surface area contributed by atoms with E-state index in [0.29, 0.717) is 12.8 Å². The molecule has 0 bridgehead atoms. The molecule has 0 spiro atoms. The summed E-state index contributed by atoms with van der Waals surface area (Å²) < 4.78 is 32.6. The van der Waals surface area contributed by atoms with Crippen molar-refractivity contribution < 1.29 is 37.6 Å². The van der Waals surface area contributed by atoms with Crippen molar-refractivity contribution in [2.45, 2.75) is 161 Å². The zero-order valence-electron chi connectivity index (χ0n) is 34.4. The Morgan fingerprint density at radius 1 is 0.564 bits per heavy atom. The molecule has 0 aliphatic rings. The highest BCUT2D eigenvalue weighted by atomic mass is 31.2. The minimum absolute atomic E-state index is 0.0384. The van der Waals surface area contributed by atoms with E-state index >= 15 is 0 Å². The quantitative estimate of drug-likeness (QED) is 0.0271. The van der Waals surface area contributed by atoms with Gasteiger partial charge in [0.1, 0.15) is 6.61 Å². The summed E-state index contributed by atoms with van der Waals surface area (Å²) in [6.07, 6.45) is 50.5. The fourth-order valence-electron chi connectivity index (χ4n) is 5.18. The van der Waals surface area contributed by atoms with Crippen LogP contribution in [0.5, 0.6) is 0 Å². The third kappa shape index (κ3) is 40.7. The predicted octanol–water partition coefficient (Wildman–Crippen LogP) is 12.0. The minimum Gasteiger partial charge on any atom is -0.462 e. The first-order valence-corrected chi connectivity index (χ1v) is 22.6. The maximum absolute atomic E-state index is 12.6. The van der Waals surface area contributed by atoms with Gasteiger partial charge in [0, 0.05) is 19.4 Å². The Balaban J connectivity index is 4.33. The number of ether oxygens (including phenoxy) is 2. The molecule has 3 N–H and O–H groups in total. The molecule has 9 nitrogen and oxygen atoms in total. The number of nitrogens with two attached hydrogens (primary N) is 1. The number of hydrogen-bond acceptors (Lipinski definition) is 8. The molecule has 0 radical (unpaired) electrons. The van der Waals surface area contributed by atoms with Crippen molar-refractivity contribution in [2.75, 3.05) is 26.4 Å². The SMILES string of the molecule is CC/C=C\C/C=C\C/C=C\C/C=C\C/C=C\C/C=C\CCC(=O)OC[C@H](COP(=O)(O)OCCN)OC(=O)CCCCCCC/C=C\CCCCCCCC. The molecule has 0 amide bonds. The molecule has 0 aromatic rings. The second-order valence-electron chi connectivity index (χ2n) is 13.5. The Kier molecular flexibility index (Phi) is 38.8. The van der Waals surface area contributed by atoms with Gasteiger partial charge in [0.2, 0.25) is 0 Å². The van der Waals surface area contributed by atoms with E-state index in [1.54, 1.807) is 0 Å². The molecule has 0 rings (SSSR count). The average molecular weight is 790 g/mol. The van der Waals surface area contributed by atoms with Crippen LogP contribution in [0.15, 0.2) is 85.1 Å². The van der Waals surface area contributed by atoms with Crippen molar-refractivity contribution in [2.24, 2.45) is 5.73 Å². The molecule has 0 heterocycles. The first-order chi connectivity index (χ1) is 26.8. The molecule has 0 aliphatic carbocycles. The molecule has 0 saturated heterocycles. The smallest absolute Gasteiger partial charge is 0.462 e. The number of phosphoric ester groups is 1. The lowest BCUT2D eigenvalue weighted by atomic mass is 10.1. The maximum Gasteiger partial charge on any atom is 0.472 e. The number of hydrogen-bond donors (Lipinski definition) is 2. The van der Waals surface area contributed by atoms with Gasteiger partial charge in [-0.05, 0) is 77.0 Å². The van der Waals surface area contributed by atoms with Gasteiger partial charge in [-0.1, -0.05) is 150 Å². The fraction of sp³-hybridized carbons (Fsp3) is 0.644. The Morgan fingerprint density at radius 2 is 1.04 bits per heavy atom. The standard InChI is InChI=1S/C45H76NO8P/c1-3-5-7-9-11-13-15-17-19-20-21-22-24-25-27-29-31-33-35-37-44(47)51-41-43(42-53-55(49,50)52-40-39-46)54-45(48)38-36-34-32-30-28-26-23-18-16-14-12-10-8-6-4-2/h5,7,11,13,17-19,21-23,25,27,31,33,43H,3-4,6,8-10,12,14-16,20,24,26,28-30,32,34-42,46H2,1-2H3,(H,49,50)/b7-5-,13-11-,19-17-,22-21-,23-18-,27-25-,33-31-/t43-/m1/s1. The van der Waals surface area contributed by atoms with Gasteiger partial charge >= 0.3 is 19.8 Å². The molecule has 10 heteroatoms. The number of phosphoric acid groups is 1. The van der Waals surface area contributed by atoms with E-state index in [-0.39, 0.29) is 32.6 Å². The van der Waals surface area contributed by atoms with Gasteiger partial charge in [-0.3, -0.25) is 18.6 Å². The van der Waals surface area contributed by atoms with Crippen molar-refractivity contribution in [1.29, 1.82) is 0 Å². The summed E-state index contributed by atoms with van der Waals surface area (Å²) in [5.41, 5.74) is 5.34. The van der Waals surface area contributed by atoms with Gasteiger partial charge in [-0.25, -0.2) is 4.57 Å². The van der Waals surface area contributed by atoms with E-state index in [2.05, 4.69) is 86.8 Å². The minimum atomic E-state index is -4.40. The van der Waals surface area contributed by atoms with Gasteiger partial charge in [-0.15, -0.1) is 0 Å². The molecular formula is C45H76NO8P. The normalized spacial score (nSPS) is 14.2. The Bertz CT molecular complexity index is 1170. The second-order valence-corrected chi connectivity index (χ2v) is 14.9. The van der Waals surface area contributed by atoms with Crippen LogP contribution in [0.4, 0.5) is 0 Å². The fourth-order valence-corrected chi connectivity index (χ4v) is 5.95. The summed E-state index contributed by atoms with van der Waals surface area (Å²) >= 11 is 0. The van der Waals surface area contributed by atoms with E-state index in [1.807, 2.05) is 12.2 Å². The van der Waals surface area contributed by atoms with Crippen molar-refractivity contribution in [3.8, 4) is 0 Å². The molecule has 314 valence electrons. The van der Waals surface area contributed by atoms with Crippen molar-refractivity contribution >= 4 is 19.8 Å². The highest BCUT2D eigenvalue weighted by molar-refractivity contribution is 7.47. The van der Waals surface area contributed by atoms with Gasteiger partial charge in [-0.2, -0.15) is 0 Å². The maximum atomic E-state index is 12.6. The van der Waals surface area contributed by atoms with Gasteiger partial charge in [0.05, 0.1) is 13.2 Å². The van der Waals surface area contributed by atoms with Crippen LogP contribution in [0.25, 0.3) is 0 Å². The van der Waals surface area contributed by atoms with E-state index in [1.165, 1.54) is 44.9 Å². The lowest BCUT2D eigenvalue weighted by Gasteiger charge is -2.19. The van der Waals surface area contributed by atoms with Crippen molar-refractivity contribution in [3.05, 3.63) is 85.1 Å². The first-order valence-electron chi connectivity index (χ1n) is 21.1. The summed E-state index contributed by atoms with van der Waals surface area (Å²) in [5, 5.41) is 0. The molecule has 0 aliphatic heterocycles. The second kappa shape index (κ2) is 40.8. The monoisotopic (exact) mass is 790 g/mol. The van der Waals surface area contributed by atoms with Crippen LogP contribution in [0.2, 0.25) is 0 Å². The van der Waals surface area contributed by atoms with Crippen LogP contribution in [0, 0.1) is 0 Å². The number of allylic oxidation sites excluding steroid dienone is 14. The van der Waals surface area contributed by atoms with E-state index in [4.69, 9.17) is 24.3 Å². The highest BCUT2D eigenvalue weighted by Crippen LogP contribution is 2.43.